The van der Waals surface area contributed by atoms with Gasteiger partial charge in [0.15, 0.2) is 0 Å². The lowest BCUT2D eigenvalue weighted by Crippen LogP contribution is -2.41. The molecule has 0 saturated carbocycles. The third-order valence-corrected chi connectivity index (χ3v) is 2.16. The van der Waals surface area contributed by atoms with Crippen molar-refractivity contribution in [3.8, 4) is 0 Å². The predicted molar refractivity (Wildman–Crippen MR) is 61.6 cm³/mol. The van der Waals surface area contributed by atoms with Gasteiger partial charge in [0, 0.05) is 32.7 Å². The molecule has 0 aliphatic carbocycles. The Bertz CT molecular complexity index is 172. The minimum Gasteiger partial charge on any atom is -0.385 e. The first-order valence-electron chi connectivity index (χ1n) is 5.58. The van der Waals surface area contributed by atoms with Crippen molar-refractivity contribution in [2.75, 3.05) is 20.3 Å². The van der Waals surface area contributed by atoms with Gasteiger partial charge in [-0.1, -0.05) is 13.8 Å². The molecule has 90 valence electrons. The summed E-state index contributed by atoms with van der Waals surface area (Å²) in [6, 6.07) is 0.111. The van der Waals surface area contributed by atoms with Crippen LogP contribution in [0.2, 0.25) is 0 Å². The van der Waals surface area contributed by atoms with Gasteiger partial charge < -0.3 is 15.8 Å². The van der Waals surface area contributed by atoms with Crippen molar-refractivity contribution in [2.24, 2.45) is 11.7 Å². The monoisotopic (exact) mass is 216 g/mol. The predicted octanol–water partition coefficient (Wildman–Crippen LogP) is 0.903. The van der Waals surface area contributed by atoms with E-state index in [2.05, 4.69) is 19.2 Å². The molecule has 0 aliphatic heterocycles. The number of hydrogen-bond acceptors (Lipinski definition) is 3. The number of carbonyl (C=O) groups excluding carboxylic acids is 1. The molecule has 4 nitrogen and oxygen atoms in total. The van der Waals surface area contributed by atoms with Gasteiger partial charge >= 0.3 is 0 Å². The summed E-state index contributed by atoms with van der Waals surface area (Å²) in [5, 5.41) is 2.94. The van der Waals surface area contributed by atoms with Crippen LogP contribution in [0, 0.1) is 5.92 Å². The Morgan fingerprint density at radius 1 is 1.47 bits per heavy atom. The third-order valence-electron chi connectivity index (χ3n) is 2.16. The van der Waals surface area contributed by atoms with Gasteiger partial charge in [-0.15, -0.1) is 0 Å². The molecular formula is C11H24N2O2. The fourth-order valence-electron chi connectivity index (χ4n) is 1.46. The highest BCUT2D eigenvalue weighted by atomic mass is 16.5. The van der Waals surface area contributed by atoms with Crippen LogP contribution in [0.3, 0.4) is 0 Å². The van der Waals surface area contributed by atoms with Crippen molar-refractivity contribution in [3.63, 3.8) is 0 Å². The van der Waals surface area contributed by atoms with Gasteiger partial charge in [0.2, 0.25) is 5.91 Å². The van der Waals surface area contributed by atoms with E-state index in [0.29, 0.717) is 25.5 Å². The van der Waals surface area contributed by atoms with Crippen LogP contribution in [0.25, 0.3) is 0 Å². The number of nitrogens with two attached hydrogens (primary N) is 1. The highest BCUT2D eigenvalue weighted by Crippen LogP contribution is 2.04. The van der Waals surface area contributed by atoms with Crippen LogP contribution in [0.5, 0.6) is 0 Å². The van der Waals surface area contributed by atoms with Crippen molar-refractivity contribution in [1.82, 2.24) is 5.32 Å². The second-order valence-corrected chi connectivity index (χ2v) is 4.23. The number of rotatable bonds is 8. The summed E-state index contributed by atoms with van der Waals surface area (Å²) in [4.78, 5) is 11.4. The lowest BCUT2D eigenvalue weighted by atomic mass is 10.0. The number of amides is 1. The maximum absolute atomic E-state index is 11.4. The number of hydrogen-bond donors (Lipinski definition) is 2. The molecule has 0 aromatic carbocycles. The van der Waals surface area contributed by atoms with Gasteiger partial charge in [0.1, 0.15) is 0 Å². The first kappa shape index (κ1) is 14.4. The Kier molecular flexibility index (Phi) is 8.33. The van der Waals surface area contributed by atoms with E-state index >= 15 is 0 Å². The Hall–Kier alpha value is -0.610. The van der Waals surface area contributed by atoms with Crippen molar-refractivity contribution >= 4 is 5.91 Å². The van der Waals surface area contributed by atoms with Gasteiger partial charge in [-0.2, -0.15) is 0 Å². The molecular weight excluding hydrogens is 192 g/mol. The van der Waals surface area contributed by atoms with Gasteiger partial charge in [0.05, 0.1) is 0 Å². The summed E-state index contributed by atoms with van der Waals surface area (Å²) >= 11 is 0. The molecule has 15 heavy (non-hydrogen) atoms. The SMILES string of the molecule is COCCCC(=O)NC(CN)CC(C)C. The fourth-order valence-corrected chi connectivity index (χ4v) is 1.46. The molecule has 0 rings (SSSR count). The third kappa shape index (κ3) is 8.39. The summed E-state index contributed by atoms with van der Waals surface area (Å²) < 4.78 is 4.88. The van der Waals surface area contributed by atoms with Crippen molar-refractivity contribution < 1.29 is 9.53 Å². The summed E-state index contributed by atoms with van der Waals surface area (Å²) in [7, 11) is 1.64. The van der Waals surface area contributed by atoms with E-state index in [1.807, 2.05) is 0 Å². The van der Waals surface area contributed by atoms with Gasteiger partial charge in [-0.25, -0.2) is 0 Å². The molecule has 0 bridgehead atoms. The van der Waals surface area contributed by atoms with Gasteiger partial charge in [-0.3, -0.25) is 4.79 Å². The molecule has 0 aromatic heterocycles. The van der Waals surface area contributed by atoms with E-state index < -0.39 is 0 Å². The molecule has 1 unspecified atom stereocenters. The van der Waals surface area contributed by atoms with Crippen LogP contribution in [-0.2, 0) is 9.53 Å². The highest BCUT2D eigenvalue weighted by Gasteiger charge is 2.11. The molecule has 0 fully saturated rings. The number of nitrogens with one attached hydrogen (secondary N) is 1. The van der Waals surface area contributed by atoms with Crippen LogP contribution in [-0.4, -0.2) is 32.2 Å². The molecule has 1 amide bonds. The summed E-state index contributed by atoms with van der Waals surface area (Å²) in [6.45, 7) is 5.39. The second kappa shape index (κ2) is 8.68. The molecule has 0 spiro atoms. The van der Waals surface area contributed by atoms with Gasteiger partial charge in [-0.05, 0) is 18.8 Å². The van der Waals surface area contributed by atoms with E-state index in [-0.39, 0.29) is 11.9 Å². The second-order valence-electron chi connectivity index (χ2n) is 4.23. The molecule has 0 heterocycles. The quantitative estimate of drug-likeness (QED) is 0.593. The number of carbonyl (C=O) groups is 1. The smallest absolute Gasteiger partial charge is 0.220 e. The van der Waals surface area contributed by atoms with E-state index in [1.54, 1.807) is 7.11 Å². The molecule has 1 atom stereocenters. The summed E-state index contributed by atoms with van der Waals surface area (Å²) in [5.41, 5.74) is 5.58. The van der Waals surface area contributed by atoms with Crippen molar-refractivity contribution in [3.05, 3.63) is 0 Å². The number of ether oxygens (including phenoxy) is 1. The van der Waals surface area contributed by atoms with E-state index in [0.717, 1.165) is 12.8 Å². The standard InChI is InChI=1S/C11H24N2O2/c1-9(2)7-10(8-12)13-11(14)5-4-6-15-3/h9-10H,4-8,12H2,1-3H3,(H,13,14). The van der Waals surface area contributed by atoms with Gasteiger partial charge in [0.25, 0.3) is 0 Å². The zero-order valence-electron chi connectivity index (χ0n) is 10.1. The van der Waals surface area contributed by atoms with Crippen LogP contribution >= 0.6 is 0 Å². The molecule has 0 aliphatic rings. The summed E-state index contributed by atoms with van der Waals surface area (Å²) in [5.74, 6) is 0.626. The molecule has 4 heteroatoms. The molecule has 0 saturated heterocycles. The first-order chi connectivity index (χ1) is 7.10. The van der Waals surface area contributed by atoms with E-state index in [1.165, 1.54) is 0 Å². The van der Waals surface area contributed by atoms with Crippen LogP contribution in [0.1, 0.15) is 33.1 Å². The molecule has 0 radical (unpaired) electrons. The zero-order valence-corrected chi connectivity index (χ0v) is 10.1. The Balaban J connectivity index is 3.70. The van der Waals surface area contributed by atoms with E-state index in [4.69, 9.17) is 10.5 Å². The Labute approximate surface area is 92.6 Å². The summed E-state index contributed by atoms with van der Waals surface area (Å²) in [6.07, 6.45) is 2.22. The average molecular weight is 216 g/mol. The van der Waals surface area contributed by atoms with Crippen LogP contribution in [0.15, 0.2) is 0 Å². The Morgan fingerprint density at radius 3 is 2.60 bits per heavy atom. The van der Waals surface area contributed by atoms with Crippen molar-refractivity contribution in [1.29, 1.82) is 0 Å². The lowest BCUT2D eigenvalue weighted by molar-refractivity contribution is -0.122. The lowest BCUT2D eigenvalue weighted by Gasteiger charge is -2.18. The zero-order chi connectivity index (χ0) is 11.7. The maximum Gasteiger partial charge on any atom is 0.220 e. The molecule has 0 aromatic rings. The molecule has 3 N–H and O–H groups in total. The normalized spacial score (nSPS) is 12.9. The maximum atomic E-state index is 11.4. The minimum atomic E-state index is 0.0724. The van der Waals surface area contributed by atoms with E-state index in [9.17, 15) is 4.79 Å². The first-order valence-corrected chi connectivity index (χ1v) is 5.58. The largest absolute Gasteiger partial charge is 0.385 e. The highest BCUT2D eigenvalue weighted by molar-refractivity contribution is 5.76. The van der Waals surface area contributed by atoms with Crippen molar-refractivity contribution in [2.45, 2.75) is 39.2 Å². The van der Waals surface area contributed by atoms with Crippen LogP contribution < -0.4 is 11.1 Å². The minimum absolute atomic E-state index is 0.0724. The number of methoxy groups -OCH3 is 1. The average Bonchev–Trinajstić information content (AvgIpc) is 2.16. The Morgan fingerprint density at radius 2 is 2.13 bits per heavy atom. The fraction of sp³-hybridized carbons (Fsp3) is 0.909. The van der Waals surface area contributed by atoms with Crippen LogP contribution in [0.4, 0.5) is 0 Å². The topological polar surface area (TPSA) is 64.3 Å².